The molecule has 4 aromatic rings. The standard InChI is InChI=1S/C24H24ClN5OS/c1-16-19-15-22(32-24(19)30(27-16)18-6-4-3-5-7-18)23(31)26-20-14-17(25)8-9-21(20)29-12-10-28(2)11-13-29/h3-9,14-15H,10-13H2,1-2H3,(H,26,31). The third-order valence-electron chi connectivity index (χ3n) is 5.82. The Morgan fingerprint density at radius 3 is 2.56 bits per heavy atom. The molecule has 0 spiro atoms. The molecule has 8 heteroatoms. The summed E-state index contributed by atoms with van der Waals surface area (Å²) in [6.45, 7) is 5.77. The highest BCUT2D eigenvalue weighted by atomic mass is 35.5. The first-order chi connectivity index (χ1) is 15.5. The fourth-order valence-corrected chi connectivity index (χ4v) is 5.27. The summed E-state index contributed by atoms with van der Waals surface area (Å²) < 4.78 is 1.90. The molecule has 2 aromatic heterocycles. The number of anilines is 2. The summed E-state index contributed by atoms with van der Waals surface area (Å²) in [7, 11) is 2.13. The lowest BCUT2D eigenvalue weighted by Crippen LogP contribution is -2.44. The first kappa shape index (κ1) is 21.0. The number of piperazine rings is 1. The number of rotatable bonds is 4. The van der Waals surface area contributed by atoms with Crippen LogP contribution in [-0.2, 0) is 0 Å². The maximum Gasteiger partial charge on any atom is 0.265 e. The van der Waals surface area contributed by atoms with Gasteiger partial charge in [0, 0.05) is 36.6 Å². The zero-order valence-corrected chi connectivity index (χ0v) is 19.6. The van der Waals surface area contributed by atoms with Crippen molar-refractivity contribution in [3.8, 4) is 5.69 Å². The van der Waals surface area contributed by atoms with E-state index in [0.717, 1.165) is 59.2 Å². The summed E-state index contributed by atoms with van der Waals surface area (Å²) >= 11 is 7.73. The van der Waals surface area contributed by atoms with Gasteiger partial charge in [-0.2, -0.15) is 5.10 Å². The number of nitrogens with zero attached hydrogens (tertiary/aromatic N) is 4. The van der Waals surface area contributed by atoms with Crippen LogP contribution in [0.25, 0.3) is 15.9 Å². The molecule has 164 valence electrons. The van der Waals surface area contributed by atoms with Crippen LogP contribution in [0.3, 0.4) is 0 Å². The molecule has 1 N–H and O–H groups in total. The molecular weight excluding hydrogens is 442 g/mol. The van der Waals surface area contributed by atoms with E-state index in [0.29, 0.717) is 9.90 Å². The Labute approximate surface area is 196 Å². The Hall–Kier alpha value is -2.87. The minimum atomic E-state index is -0.136. The van der Waals surface area contributed by atoms with Gasteiger partial charge in [0.2, 0.25) is 0 Å². The highest BCUT2D eigenvalue weighted by Gasteiger charge is 2.21. The van der Waals surface area contributed by atoms with Gasteiger partial charge in [-0.05, 0) is 50.4 Å². The van der Waals surface area contributed by atoms with Gasteiger partial charge in [0.25, 0.3) is 5.91 Å². The van der Waals surface area contributed by atoms with Crippen molar-refractivity contribution in [2.45, 2.75) is 6.92 Å². The molecule has 3 heterocycles. The molecule has 6 nitrogen and oxygen atoms in total. The van der Waals surface area contributed by atoms with Crippen molar-refractivity contribution in [3.63, 3.8) is 0 Å². The lowest BCUT2D eigenvalue weighted by atomic mass is 10.2. The first-order valence-electron chi connectivity index (χ1n) is 10.6. The molecule has 2 aromatic carbocycles. The molecule has 0 unspecified atom stereocenters. The second-order valence-corrected chi connectivity index (χ2v) is 9.54. The highest BCUT2D eigenvalue weighted by molar-refractivity contribution is 7.20. The van der Waals surface area contributed by atoms with Crippen molar-refractivity contribution in [2.24, 2.45) is 0 Å². The number of carbonyl (C=O) groups is 1. The third-order valence-corrected chi connectivity index (χ3v) is 7.16. The van der Waals surface area contributed by atoms with Crippen LogP contribution in [0.4, 0.5) is 11.4 Å². The van der Waals surface area contributed by atoms with Crippen LogP contribution in [0.2, 0.25) is 5.02 Å². The van der Waals surface area contributed by atoms with Gasteiger partial charge in [-0.1, -0.05) is 29.8 Å². The molecule has 1 amide bonds. The summed E-state index contributed by atoms with van der Waals surface area (Å²) in [4.78, 5) is 19.5. The predicted molar refractivity (Wildman–Crippen MR) is 133 cm³/mol. The number of halogens is 1. The highest BCUT2D eigenvalue weighted by Crippen LogP contribution is 2.33. The SMILES string of the molecule is Cc1nn(-c2ccccc2)c2sc(C(=O)Nc3cc(Cl)ccc3N3CCN(C)CC3)cc12. The van der Waals surface area contributed by atoms with E-state index in [2.05, 4.69) is 27.3 Å². The number of fused-ring (bicyclic) bond motifs is 1. The van der Waals surface area contributed by atoms with Gasteiger partial charge >= 0.3 is 0 Å². The molecule has 1 fully saturated rings. The molecule has 1 aliphatic heterocycles. The molecule has 5 rings (SSSR count). The zero-order chi connectivity index (χ0) is 22.2. The number of carbonyl (C=O) groups excluding carboxylic acids is 1. The number of amides is 1. The van der Waals surface area contributed by atoms with Gasteiger partial charge in [-0.15, -0.1) is 11.3 Å². The average Bonchev–Trinajstić information content (AvgIpc) is 3.36. The fourth-order valence-electron chi connectivity index (χ4n) is 4.02. The Morgan fingerprint density at radius 2 is 1.81 bits per heavy atom. The number of likely N-dealkylation sites (N-methyl/N-ethyl adjacent to an activating group) is 1. The number of hydrogen-bond acceptors (Lipinski definition) is 5. The molecule has 1 aliphatic rings. The van der Waals surface area contributed by atoms with E-state index < -0.39 is 0 Å². The summed E-state index contributed by atoms with van der Waals surface area (Å²) in [5.74, 6) is -0.136. The van der Waals surface area contributed by atoms with Gasteiger partial charge in [0.05, 0.1) is 27.6 Å². The zero-order valence-electron chi connectivity index (χ0n) is 18.0. The second-order valence-electron chi connectivity index (χ2n) is 8.07. The van der Waals surface area contributed by atoms with Crippen molar-refractivity contribution >= 4 is 50.4 Å². The van der Waals surface area contributed by atoms with E-state index in [1.54, 1.807) is 0 Å². The second kappa shape index (κ2) is 8.58. The minimum Gasteiger partial charge on any atom is -0.367 e. The minimum absolute atomic E-state index is 0.136. The van der Waals surface area contributed by atoms with E-state index in [9.17, 15) is 4.79 Å². The van der Waals surface area contributed by atoms with Gasteiger partial charge in [-0.25, -0.2) is 4.68 Å². The van der Waals surface area contributed by atoms with Crippen LogP contribution >= 0.6 is 22.9 Å². The van der Waals surface area contributed by atoms with E-state index in [1.165, 1.54) is 11.3 Å². The molecule has 1 saturated heterocycles. The molecular formula is C24H24ClN5OS. The van der Waals surface area contributed by atoms with E-state index in [4.69, 9.17) is 11.6 Å². The number of thiophene rings is 1. The number of nitrogens with one attached hydrogen (secondary N) is 1. The average molecular weight is 466 g/mol. The maximum atomic E-state index is 13.2. The fraction of sp³-hybridized carbons (Fsp3) is 0.250. The van der Waals surface area contributed by atoms with Crippen molar-refractivity contribution in [1.82, 2.24) is 14.7 Å². The number of benzene rings is 2. The lowest BCUT2D eigenvalue weighted by molar-refractivity contribution is 0.103. The predicted octanol–water partition coefficient (Wildman–Crippen LogP) is 5.05. The summed E-state index contributed by atoms with van der Waals surface area (Å²) in [5, 5.41) is 9.37. The summed E-state index contributed by atoms with van der Waals surface area (Å²) in [5.41, 5.74) is 3.63. The molecule has 0 aliphatic carbocycles. The van der Waals surface area contributed by atoms with Gasteiger partial charge in [0.1, 0.15) is 4.83 Å². The molecule has 0 saturated carbocycles. The normalized spacial score (nSPS) is 14.8. The van der Waals surface area contributed by atoms with E-state index >= 15 is 0 Å². The number of para-hydroxylation sites is 1. The van der Waals surface area contributed by atoms with Crippen LogP contribution in [0.15, 0.2) is 54.6 Å². The third kappa shape index (κ3) is 3.99. The monoisotopic (exact) mass is 465 g/mol. The summed E-state index contributed by atoms with van der Waals surface area (Å²) in [6, 6.07) is 17.6. The molecule has 0 bridgehead atoms. The van der Waals surface area contributed by atoms with Crippen LogP contribution in [-0.4, -0.2) is 53.8 Å². The Bertz CT molecular complexity index is 1270. The Balaban J connectivity index is 1.45. The lowest BCUT2D eigenvalue weighted by Gasteiger charge is -2.35. The molecule has 0 atom stereocenters. The quantitative estimate of drug-likeness (QED) is 0.458. The van der Waals surface area contributed by atoms with Crippen LogP contribution < -0.4 is 10.2 Å². The molecule has 32 heavy (non-hydrogen) atoms. The van der Waals surface area contributed by atoms with Crippen LogP contribution in [0, 0.1) is 6.92 Å². The van der Waals surface area contributed by atoms with Crippen molar-refractivity contribution in [1.29, 1.82) is 0 Å². The number of hydrogen-bond donors (Lipinski definition) is 1. The van der Waals surface area contributed by atoms with Gasteiger partial charge in [-0.3, -0.25) is 4.79 Å². The van der Waals surface area contributed by atoms with Gasteiger partial charge in [0.15, 0.2) is 0 Å². The first-order valence-corrected chi connectivity index (χ1v) is 11.8. The molecule has 0 radical (unpaired) electrons. The van der Waals surface area contributed by atoms with Crippen molar-refractivity contribution in [2.75, 3.05) is 43.4 Å². The van der Waals surface area contributed by atoms with E-state index in [-0.39, 0.29) is 5.91 Å². The summed E-state index contributed by atoms with van der Waals surface area (Å²) in [6.07, 6.45) is 0. The maximum absolute atomic E-state index is 13.2. The van der Waals surface area contributed by atoms with Crippen molar-refractivity contribution < 1.29 is 4.79 Å². The topological polar surface area (TPSA) is 53.4 Å². The number of aromatic nitrogens is 2. The smallest absolute Gasteiger partial charge is 0.265 e. The van der Waals surface area contributed by atoms with Crippen molar-refractivity contribution in [3.05, 3.63) is 70.2 Å². The largest absolute Gasteiger partial charge is 0.367 e. The van der Waals surface area contributed by atoms with Crippen LogP contribution in [0.1, 0.15) is 15.4 Å². The van der Waals surface area contributed by atoms with E-state index in [1.807, 2.05) is 66.2 Å². The Kier molecular flexibility index (Phi) is 5.63. The van der Waals surface area contributed by atoms with Crippen LogP contribution in [0.5, 0.6) is 0 Å². The number of aryl methyl sites for hydroxylation is 1. The van der Waals surface area contributed by atoms with Gasteiger partial charge < -0.3 is 15.1 Å². The Morgan fingerprint density at radius 1 is 1.06 bits per heavy atom.